The topological polar surface area (TPSA) is 81.4 Å². The van der Waals surface area contributed by atoms with Gasteiger partial charge in [0, 0.05) is 9.90 Å². The number of fused-ring (bicyclic) bond motifs is 2. The van der Waals surface area contributed by atoms with Gasteiger partial charge in [-0.15, -0.1) is 11.3 Å². The molecule has 0 saturated carbocycles. The summed E-state index contributed by atoms with van der Waals surface area (Å²) in [6.45, 7) is 2.08. The van der Waals surface area contributed by atoms with Crippen molar-refractivity contribution in [3.63, 3.8) is 0 Å². The average Bonchev–Trinajstić information content (AvgIpc) is 3.26. The number of aryl methyl sites for hydroxylation is 1. The number of amides is 1. The lowest BCUT2D eigenvalue weighted by Crippen LogP contribution is -2.17. The number of aromatic nitrogens is 1. The second kappa shape index (κ2) is 8.77. The third-order valence-corrected chi connectivity index (χ3v) is 6.83. The summed E-state index contributed by atoms with van der Waals surface area (Å²) in [5, 5.41) is 4.44. The SMILES string of the molecule is CCOC(=O)c1c(NC(=O)CSc2nc3cc(Cl)ccc3o2)sc2c1CCCC2. The number of rotatable bonds is 6. The molecule has 4 rings (SSSR count). The Morgan fingerprint density at radius 3 is 3.00 bits per heavy atom. The number of thioether (sulfide) groups is 1. The van der Waals surface area contributed by atoms with Crippen LogP contribution in [0.3, 0.4) is 0 Å². The van der Waals surface area contributed by atoms with E-state index in [4.69, 9.17) is 20.8 Å². The Labute approximate surface area is 181 Å². The van der Waals surface area contributed by atoms with E-state index in [-0.39, 0.29) is 17.6 Å². The van der Waals surface area contributed by atoms with Gasteiger partial charge < -0.3 is 14.5 Å². The first-order chi connectivity index (χ1) is 14.0. The van der Waals surface area contributed by atoms with Crippen LogP contribution in [0.2, 0.25) is 5.02 Å². The highest BCUT2D eigenvalue weighted by atomic mass is 35.5. The van der Waals surface area contributed by atoms with E-state index in [1.165, 1.54) is 23.1 Å². The second-order valence-electron chi connectivity index (χ2n) is 6.56. The fourth-order valence-corrected chi connectivity index (χ4v) is 5.40. The lowest BCUT2D eigenvalue weighted by atomic mass is 9.95. The number of benzene rings is 1. The van der Waals surface area contributed by atoms with E-state index in [2.05, 4.69) is 10.3 Å². The Hall–Kier alpha value is -2.03. The molecule has 0 aliphatic heterocycles. The number of hydrogen-bond acceptors (Lipinski definition) is 7. The van der Waals surface area contributed by atoms with Crippen molar-refractivity contribution in [1.29, 1.82) is 0 Å². The molecule has 0 radical (unpaired) electrons. The molecular formula is C20H19ClN2O4S2. The zero-order valence-corrected chi connectivity index (χ0v) is 18.1. The molecule has 1 aromatic carbocycles. The van der Waals surface area contributed by atoms with Crippen LogP contribution in [0.1, 0.15) is 40.6 Å². The molecule has 0 unspecified atom stereocenters. The van der Waals surface area contributed by atoms with Gasteiger partial charge >= 0.3 is 5.97 Å². The summed E-state index contributed by atoms with van der Waals surface area (Å²) in [5.41, 5.74) is 2.81. The molecule has 1 amide bonds. The number of hydrogen-bond donors (Lipinski definition) is 1. The molecule has 0 bridgehead atoms. The van der Waals surface area contributed by atoms with Crippen LogP contribution < -0.4 is 5.32 Å². The van der Waals surface area contributed by atoms with Gasteiger partial charge in [0.1, 0.15) is 10.5 Å². The van der Waals surface area contributed by atoms with E-state index in [1.807, 2.05) is 0 Å². The van der Waals surface area contributed by atoms with Crippen molar-refractivity contribution in [1.82, 2.24) is 4.98 Å². The normalized spacial score (nSPS) is 13.3. The number of anilines is 1. The van der Waals surface area contributed by atoms with Crippen LogP contribution in [0, 0.1) is 0 Å². The average molecular weight is 451 g/mol. The number of ether oxygens (including phenoxy) is 1. The van der Waals surface area contributed by atoms with Gasteiger partial charge in [0.05, 0.1) is 17.9 Å². The number of nitrogens with one attached hydrogen (secondary N) is 1. The number of halogens is 1. The number of oxazole rings is 1. The van der Waals surface area contributed by atoms with Crippen LogP contribution in [0.15, 0.2) is 27.8 Å². The molecule has 0 spiro atoms. The van der Waals surface area contributed by atoms with Gasteiger partial charge in [-0.1, -0.05) is 23.4 Å². The van der Waals surface area contributed by atoms with E-state index in [0.717, 1.165) is 36.1 Å². The van der Waals surface area contributed by atoms with Crippen LogP contribution in [0.4, 0.5) is 5.00 Å². The quantitative estimate of drug-likeness (QED) is 0.404. The maximum atomic E-state index is 12.5. The minimum absolute atomic E-state index is 0.116. The summed E-state index contributed by atoms with van der Waals surface area (Å²) in [5.74, 6) is -0.476. The van der Waals surface area contributed by atoms with Crippen molar-refractivity contribution in [3.8, 4) is 0 Å². The van der Waals surface area contributed by atoms with Crippen LogP contribution in [-0.2, 0) is 22.4 Å². The molecule has 1 aliphatic carbocycles. The van der Waals surface area contributed by atoms with Gasteiger partial charge in [-0.05, 0) is 56.4 Å². The van der Waals surface area contributed by atoms with Gasteiger partial charge in [0.2, 0.25) is 5.91 Å². The first-order valence-electron chi connectivity index (χ1n) is 9.35. The molecule has 2 aromatic heterocycles. The molecular weight excluding hydrogens is 432 g/mol. The molecule has 0 atom stereocenters. The maximum absolute atomic E-state index is 12.5. The highest BCUT2D eigenvalue weighted by molar-refractivity contribution is 7.99. The van der Waals surface area contributed by atoms with Gasteiger partial charge in [-0.3, -0.25) is 4.79 Å². The number of nitrogens with zero attached hydrogens (tertiary/aromatic N) is 1. The number of thiophene rings is 1. The molecule has 1 aliphatic rings. The van der Waals surface area contributed by atoms with Gasteiger partial charge in [0.15, 0.2) is 5.58 Å². The molecule has 29 heavy (non-hydrogen) atoms. The summed E-state index contributed by atoms with van der Waals surface area (Å²) < 4.78 is 10.8. The summed E-state index contributed by atoms with van der Waals surface area (Å²) in [7, 11) is 0. The molecule has 3 aromatic rings. The maximum Gasteiger partial charge on any atom is 0.341 e. The van der Waals surface area contributed by atoms with Gasteiger partial charge in [0.25, 0.3) is 5.22 Å². The fourth-order valence-electron chi connectivity index (χ4n) is 3.30. The molecule has 6 nitrogen and oxygen atoms in total. The predicted molar refractivity (Wildman–Crippen MR) is 115 cm³/mol. The highest BCUT2D eigenvalue weighted by Crippen LogP contribution is 2.38. The minimum Gasteiger partial charge on any atom is -0.462 e. The third kappa shape index (κ3) is 4.44. The molecule has 1 N–H and O–H groups in total. The van der Waals surface area contributed by atoms with Gasteiger partial charge in [-0.2, -0.15) is 0 Å². The van der Waals surface area contributed by atoms with Crippen LogP contribution in [0.5, 0.6) is 0 Å². The van der Waals surface area contributed by atoms with Crippen molar-refractivity contribution in [2.24, 2.45) is 0 Å². The Morgan fingerprint density at radius 2 is 2.17 bits per heavy atom. The summed E-state index contributed by atoms with van der Waals surface area (Å²) in [6.07, 6.45) is 3.92. The number of carbonyl (C=O) groups is 2. The van der Waals surface area contributed by atoms with E-state index >= 15 is 0 Å². The Kier molecular flexibility index (Phi) is 6.12. The van der Waals surface area contributed by atoms with E-state index in [0.29, 0.717) is 38.5 Å². The lowest BCUT2D eigenvalue weighted by Gasteiger charge is -2.12. The zero-order chi connectivity index (χ0) is 20.4. The first-order valence-corrected chi connectivity index (χ1v) is 11.5. The fraction of sp³-hybridized carbons (Fsp3) is 0.350. The minimum atomic E-state index is -0.370. The highest BCUT2D eigenvalue weighted by Gasteiger charge is 2.27. The molecule has 9 heteroatoms. The van der Waals surface area contributed by atoms with Crippen molar-refractivity contribution >= 4 is 62.7 Å². The Morgan fingerprint density at radius 1 is 1.34 bits per heavy atom. The van der Waals surface area contributed by atoms with E-state index < -0.39 is 0 Å². The van der Waals surface area contributed by atoms with Crippen LogP contribution >= 0.6 is 34.7 Å². The number of esters is 1. The van der Waals surface area contributed by atoms with E-state index in [9.17, 15) is 9.59 Å². The zero-order valence-electron chi connectivity index (χ0n) is 15.7. The van der Waals surface area contributed by atoms with Crippen molar-refractivity contribution in [2.45, 2.75) is 37.8 Å². The molecule has 152 valence electrons. The van der Waals surface area contributed by atoms with Gasteiger partial charge in [-0.25, -0.2) is 9.78 Å². The van der Waals surface area contributed by atoms with Crippen molar-refractivity contribution in [2.75, 3.05) is 17.7 Å². The lowest BCUT2D eigenvalue weighted by molar-refractivity contribution is -0.113. The third-order valence-electron chi connectivity index (χ3n) is 4.56. The second-order valence-corrected chi connectivity index (χ2v) is 9.03. The van der Waals surface area contributed by atoms with Crippen LogP contribution in [0.25, 0.3) is 11.1 Å². The predicted octanol–water partition coefficient (Wildman–Crippen LogP) is 5.33. The summed E-state index contributed by atoms with van der Waals surface area (Å²) >= 11 is 8.63. The van der Waals surface area contributed by atoms with Crippen LogP contribution in [-0.4, -0.2) is 29.2 Å². The smallest absolute Gasteiger partial charge is 0.341 e. The monoisotopic (exact) mass is 450 g/mol. The molecule has 0 saturated heterocycles. The summed E-state index contributed by atoms with van der Waals surface area (Å²) in [6, 6.07) is 5.19. The Bertz CT molecular complexity index is 1080. The summed E-state index contributed by atoms with van der Waals surface area (Å²) in [4.78, 5) is 30.5. The van der Waals surface area contributed by atoms with Crippen molar-refractivity contribution < 1.29 is 18.7 Å². The molecule has 2 heterocycles. The Balaban J connectivity index is 1.47. The number of carbonyl (C=O) groups excluding carboxylic acids is 2. The van der Waals surface area contributed by atoms with E-state index in [1.54, 1.807) is 25.1 Å². The largest absolute Gasteiger partial charge is 0.462 e. The standard InChI is InChI=1S/C20H19ClN2O4S2/c1-2-26-19(25)17-12-5-3-4-6-15(12)29-18(17)23-16(24)10-28-20-22-13-9-11(21)7-8-14(13)27-20/h7-9H,2-6,10H2,1H3,(H,23,24). The van der Waals surface area contributed by atoms with Crippen molar-refractivity contribution in [3.05, 3.63) is 39.2 Å². The first kappa shape index (κ1) is 20.3. The molecule has 0 fully saturated rings.